The lowest BCUT2D eigenvalue weighted by atomic mass is 9.89. The predicted octanol–water partition coefficient (Wildman–Crippen LogP) is 2.67. The molecular formula is C26H26N2O6. The van der Waals surface area contributed by atoms with E-state index in [-0.39, 0.29) is 45.0 Å². The highest BCUT2D eigenvalue weighted by atomic mass is 16.5. The molecule has 0 saturated carbocycles. The summed E-state index contributed by atoms with van der Waals surface area (Å²) in [5.41, 5.74) is 2.89. The van der Waals surface area contributed by atoms with E-state index < -0.39 is 29.6 Å². The lowest BCUT2D eigenvalue weighted by Gasteiger charge is -2.35. The summed E-state index contributed by atoms with van der Waals surface area (Å²) >= 11 is 0. The molecule has 176 valence electrons. The largest absolute Gasteiger partial charge is 0.480 e. The lowest BCUT2D eigenvalue weighted by Crippen LogP contribution is -2.61. The Hall–Kier alpha value is -3.83. The van der Waals surface area contributed by atoms with Crippen LogP contribution in [-0.4, -0.2) is 54.5 Å². The molecule has 0 spiro atoms. The number of rotatable bonds is 7. The average molecular weight is 463 g/mol. The van der Waals surface area contributed by atoms with E-state index in [9.17, 15) is 19.5 Å². The van der Waals surface area contributed by atoms with Gasteiger partial charge in [0.1, 0.15) is 18.2 Å². The minimum absolute atomic E-state index is 0.0840. The van der Waals surface area contributed by atoms with Crippen LogP contribution in [0.3, 0.4) is 0 Å². The standard InChI is InChI=1S/C26H26N2O6/c1-2-7-22(23(29)28-26(24(30)31)12-14-33-15-13-26)27-25(32)34-16-21-19-10-5-3-8-17(19)18-9-4-6-11-20(18)21/h1,3-6,8-11,21-22H,7,12-16H2,(H,27,32)(H,28,29)(H,30,31). The van der Waals surface area contributed by atoms with Crippen molar-refractivity contribution < 1.29 is 29.0 Å². The van der Waals surface area contributed by atoms with E-state index in [1.807, 2.05) is 48.5 Å². The Labute approximate surface area is 197 Å². The fourth-order valence-corrected chi connectivity index (χ4v) is 4.54. The van der Waals surface area contributed by atoms with Crippen LogP contribution in [0.4, 0.5) is 4.79 Å². The van der Waals surface area contributed by atoms with Gasteiger partial charge in [-0.2, -0.15) is 0 Å². The molecule has 1 saturated heterocycles. The first-order valence-electron chi connectivity index (χ1n) is 11.1. The van der Waals surface area contributed by atoms with Crippen molar-refractivity contribution in [1.29, 1.82) is 0 Å². The molecular weight excluding hydrogens is 436 g/mol. The fourth-order valence-electron chi connectivity index (χ4n) is 4.54. The van der Waals surface area contributed by atoms with Gasteiger partial charge < -0.3 is 25.2 Å². The Morgan fingerprint density at radius 1 is 1.09 bits per heavy atom. The molecule has 1 unspecified atom stereocenters. The molecule has 0 aromatic heterocycles. The molecule has 34 heavy (non-hydrogen) atoms. The van der Waals surface area contributed by atoms with Gasteiger partial charge in [0.05, 0.1) is 0 Å². The summed E-state index contributed by atoms with van der Waals surface area (Å²) in [6.07, 6.45) is 4.74. The van der Waals surface area contributed by atoms with Crippen LogP contribution in [0.5, 0.6) is 0 Å². The van der Waals surface area contributed by atoms with Crippen LogP contribution in [0, 0.1) is 12.3 Å². The number of alkyl carbamates (subject to hydrolysis) is 1. The molecule has 1 aliphatic heterocycles. The minimum Gasteiger partial charge on any atom is -0.480 e. The third kappa shape index (κ3) is 4.61. The summed E-state index contributed by atoms with van der Waals surface area (Å²) in [5, 5.41) is 14.7. The molecule has 1 heterocycles. The van der Waals surface area contributed by atoms with E-state index in [2.05, 4.69) is 16.6 Å². The van der Waals surface area contributed by atoms with E-state index >= 15 is 0 Å². The van der Waals surface area contributed by atoms with Crippen molar-refractivity contribution in [3.63, 3.8) is 0 Å². The molecule has 8 heteroatoms. The first-order valence-corrected chi connectivity index (χ1v) is 11.1. The highest BCUT2D eigenvalue weighted by Crippen LogP contribution is 2.44. The summed E-state index contributed by atoms with van der Waals surface area (Å²) in [7, 11) is 0. The van der Waals surface area contributed by atoms with Crippen LogP contribution in [0.1, 0.15) is 36.3 Å². The molecule has 8 nitrogen and oxygen atoms in total. The molecule has 1 fully saturated rings. The maximum atomic E-state index is 12.9. The first kappa shape index (κ1) is 23.3. The van der Waals surface area contributed by atoms with Crippen LogP contribution in [0.15, 0.2) is 48.5 Å². The second-order valence-corrected chi connectivity index (χ2v) is 8.42. The van der Waals surface area contributed by atoms with E-state index in [1.165, 1.54) is 0 Å². The van der Waals surface area contributed by atoms with Gasteiger partial charge in [-0.05, 0) is 22.3 Å². The van der Waals surface area contributed by atoms with Crippen LogP contribution in [-0.2, 0) is 19.1 Å². The van der Waals surface area contributed by atoms with Crippen molar-refractivity contribution in [2.75, 3.05) is 19.8 Å². The van der Waals surface area contributed by atoms with Gasteiger partial charge in [0.15, 0.2) is 0 Å². The quantitative estimate of drug-likeness (QED) is 0.545. The number of carbonyl (C=O) groups is 3. The monoisotopic (exact) mass is 462 g/mol. The number of carboxylic acids is 1. The Morgan fingerprint density at radius 2 is 1.68 bits per heavy atom. The topological polar surface area (TPSA) is 114 Å². The average Bonchev–Trinajstić information content (AvgIpc) is 3.16. The van der Waals surface area contributed by atoms with Crippen molar-refractivity contribution in [1.82, 2.24) is 10.6 Å². The van der Waals surface area contributed by atoms with Gasteiger partial charge in [-0.1, -0.05) is 48.5 Å². The summed E-state index contributed by atoms with van der Waals surface area (Å²) in [5.74, 6) is 0.405. The number of ether oxygens (including phenoxy) is 2. The molecule has 3 N–H and O–H groups in total. The van der Waals surface area contributed by atoms with Gasteiger partial charge >= 0.3 is 12.1 Å². The summed E-state index contributed by atoms with van der Waals surface area (Å²) in [4.78, 5) is 37.3. The molecule has 1 aliphatic carbocycles. The number of benzene rings is 2. The van der Waals surface area contributed by atoms with Gasteiger partial charge in [0.2, 0.25) is 5.91 Å². The molecule has 0 bridgehead atoms. The number of aliphatic carboxylic acids is 1. The Bertz CT molecular complexity index is 1090. The van der Waals surface area contributed by atoms with E-state index in [4.69, 9.17) is 15.9 Å². The minimum atomic E-state index is -1.45. The zero-order valence-electron chi connectivity index (χ0n) is 18.6. The SMILES string of the molecule is C#CCC(NC(=O)OCC1c2ccccc2-c2ccccc21)C(=O)NC1(C(=O)O)CCOCC1. The first-order chi connectivity index (χ1) is 16.4. The van der Waals surface area contributed by atoms with Gasteiger partial charge in [-0.15, -0.1) is 12.3 Å². The number of hydrogen-bond acceptors (Lipinski definition) is 5. The van der Waals surface area contributed by atoms with Gasteiger partial charge in [-0.25, -0.2) is 9.59 Å². The zero-order chi connectivity index (χ0) is 24.1. The number of amides is 2. The number of carboxylic acid groups (broad SMARTS) is 1. The van der Waals surface area contributed by atoms with E-state index in [0.29, 0.717) is 0 Å². The highest BCUT2D eigenvalue weighted by molar-refractivity contribution is 5.91. The van der Waals surface area contributed by atoms with Gasteiger partial charge in [0, 0.05) is 38.4 Å². The fraction of sp³-hybridized carbons (Fsp3) is 0.346. The number of nitrogens with one attached hydrogen (secondary N) is 2. The second-order valence-electron chi connectivity index (χ2n) is 8.42. The number of hydrogen-bond donors (Lipinski definition) is 3. The van der Waals surface area contributed by atoms with Crippen LogP contribution in [0.25, 0.3) is 11.1 Å². The normalized spacial score (nSPS) is 16.9. The molecule has 2 amide bonds. The van der Waals surface area contributed by atoms with Gasteiger partial charge in [-0.3, -0.25) is 4.79 Å². The lowest BCUT2D eigenvalue weighted by molar-refractivity contribution is -0.152. The zero-order valence-corrected chi connectivity index (χ0v) is 18.6. The maximum absolute atomic E-state index is 12.9. The molecule has 2 aliphatic rings. The molecule has 2 aromatic carbocycles. The second kappa shape index (κ2) is 9.98. The van der Waals surface area contributed by atoms with Crippen molar-refractivity contribution in [3.05, 3.63) is 59.7 Å². The third-order valence-corrected chi connectivity index (χ3v) is 6.39. The van der Waals surface area contributed by atoms with Crippen molar-refractivity contribution in [3.8, 4) is 23.5 Å². The van der Waals surface area contributed by atoms with E-state index in [0.717, 1.165) is 22.3 Å². The van der Waals surface area contributed by atoms with Crippen LogP contribution in [0.2, 0.25) is 0 Å². The third-order valence-electron chi connectivity index (χ3n) is 6.39. The van der Waals surface area contributed by atoms with Crippen molar-refractivity contribution in [2.45, 2.75) is 36.8 Å². The van der Waals surface area contributed by atoms with Gasteiger partial charge in [0.25, 0.3) is 0 Å². The molecule has 0 radical (unpaired) electrons. The summed E-state index contributed by atoms with van der Waals surface area (Å²) < 4.78 is 10.7. The van der Waals surface area contributed by atoms with Crippen LogP contribution < -0.4 is 10.6 Å². The van der Waals surface area contributed by atoms with Crippen LogP contribution >= 0.6 is 0 Å². The number of fused-ring (bicyclic) bond motifs is 3. The van der Waals surface area contributed by atoms with E-state index in [1.54, 1.807) is 0 Å². The predicted molar refractivity (Wildman–Crippen MR) is 124 cm³/mol. The summed E-state index contributed by atoms with van der Waals surface area (Å²) in [6.45, 7) is 0.513. The highest BCUT2D eigenvalue weighted by Gasteiger charge is 2.43. The molecule has 2 aromatic rings. The van der Waals surface area contributed by atoms with Crippen molar-refractivity contribution >= 4 is 18.0 Å². The smallest absolute Gasteiger partial charge is 0.407 e. The van der Waals surface area contributed by atoms with Crippen molar-refractivity contribution in [2.24, 2.45) is 0 Å². The maximum Gasteiger partial charge on any atom is 0.407 e. The Morgan fingerprint density at radius 3 is 2.24 bits per heavy atom. The number of carbonyl (C=O) groups excluding carboxylic acids is 2. The Balaban J connectivity index is 1.41. The number of terminal acetylenes is 1. The molecule has 1 atom stereocenters. The molecule has 4 rings (SSSR count). The Kier molecular flexibility index (Phi) is 6.85. The summed E-state index contributed by atoms with van der Waals surface area (Å²) in [6, 6.07) is 14.8.